The van der Waals surface area contributed by atoms with Crippen LogP contribution in [0.5, 0.6) is 5.75 Å². The van der Waals surface area contributed by atoms with E-state index in [-0.39, 0.29) is 10.5 Å². The molecule has 1 fully saturated rings. The lowest BCUT2D eigenvalue weighted by molar-refractivity contribution is -0.0921. The number of aromatic nitrogens is 2. The fourth-order valence-electron chi connectivity index (χ4n) is 5.66. The van der Waals surface area contributed by atoms with Gasteiger partial charge in [-0.25, -0.2) is 4.79 Å². The summed E-state index contributed by atoms with van der Waals surface area (Å²) in [4.78, 5) is 27.2. The lowest BCUT2D eigenvalue weighted by Gasteiger charge is -2.37. The molecule has 246 valence electrons. The number of hydrogen-bond acceptors (Lipinski definition) is 6. The highest BCUT2D eigenvalue weighted by atomic mass is 127. The molecule has 5 rings (SSSR count). The largest absolute Gasteiger partial charge is 0.497 e. The minimum Gasteiger partial charge on any atom is -0.497 e. The smallest absolute Gasteiger partial charge is 0.330 e. The predicted molar refractivity (Wildman–Crippen MR) is 198 cm³/mol. The van der Waals surface area contributed by atoms with Crippen LogP contribution in [0, 0.1) is 11.1 Å². The molecule has 0 spiro atoms. The van der Waals surface area contributed by atoms with Crippen LogP contribution < -0.4 is 16.0 Å². The fraction of sp³-hybridized carbons (Fsp3) is 0.333. The average Bonchev–Trinajstić information content (AvgIpc) is 3.35. The Morgan fingerprint density at radius 3 is 1.96 bits per heavy atom. The molecule has 3 aromatic carbocycles. The predicted octanol–water partition coefficient (Wildman–Crippen LogP) is 6.27. The van der Waals surface area contributed by atoms with Gasteiger partial charge in [0.25, 0.3) is 13.9 Å². The van der Waals surface area contributed by atoms with Crippen molar-refractivity contribution in [2.45, 2.75) is 60.7 Å². The van der Waals surface area contributed by atoms with E-state index in [1.54, 1.807) is 7.11 Å². The summed E-state index contributed by atoms with van der Waals surface area (Å²) in [7, 11) is -2.52. The van der Waals surface area contributed by atoms with Crippen molar-refractivity contribution >= 4 is 39.0 Å². The summed E-state index contributed by atoms with van der Waals surface area (Å²) in [5.74, 6) is 0.741. The normalized spacial score (nSPS) is 20.0. The second-order valence-corrected chi connectivity index (χ2v) is 22.8. The molecule has 0 bridgehead atoms. The van der Waals surface area contributed by atoms with Crippen molar-refractivity contribution in [3.63, 3.8) is 0 Å². The van der Waals surface area contributed by atoms with E-state index in [4.69, 9.17) is 18.6 Å². The highest BCUT2D eigenvalue weighted by molar-refractivity contribution is 14.1. The molecule has 4 atom stereocenters. The van der Waals surface area contributed by atoms with E-state index in [0.717, 1.165) is 22.4 Å². The molecule has 11 heteroatoms. The van der Waals surface area contributed by atoms with Gasteiger partial charge in [0.05, 0.1) is 23.7 Å². The molecule has 1 N–H and O–H groups in total. The van der Waals surface area contributed by atoms with Gasteiger partial charge in [-0.05, 0) is 41.9 Å². The molecule has 8 nitrogen and oxygen atoms in total. The van der Waals surface area contributed by atoms with Crippen LogP contribution in [-0.4, -0.2) is 55.8 Å². The fourth-order valence-corrected chi connectivity index (χ4v) is 10.8. The highest BCUT2D eigenvalue weighted by Crippen LogP contribution is 2.43. The molecule has 1 aromatic heterocycles. The van der Waals surface area contributed by atoms with Gasteiger partial charge in [-0.15, -0.1) is 11.1 Å². The lowest BCUT2D eigenvalue weighted by atomic mass is 9.80. The molecule has 1 aliphatic heterocycles. The Labute approximate surface area is 291 Å². The van der Waals surface area contributed by atoms with Crippen LogP contribution in [0.1, 0.15) is 22.9 Å². The van der Waals surface area contributed by atoms with E-state index in [9.17, 15) is 9.59 Å². The summed E-state index contributed by atoms with van der Waals surface area (Å²) in [5.41, 5.74) is 7.79. The summed E-state index contributed by atoms with van der Waals surface area (Å²) < 4.78 is 27.4. The first-order valence-electron chi connectivity index (χ1n) is 15.6. The first-order valence-corrected chi connectivity index (χ1v) is 23.2. The van der Waals surface area contributed by atoms with Crippen LogP contribution in [0.25, 0.3) is 0 Å². The van der Waals surface area contributed by atoms with E-state index in [1.165, 1.54) is 16.8 Å². The summed E-state index contributed by atoms with van der Waals surface area (Å²) in [6.07, 6.45) is -0.235. The zero-order valence-electron chi connectivity index (χ0n) is 27.5. The Morgan fingerprint density at radius 1 is 0.851 bits per heavy atom. The van der Waals surface area contributed by atoms with Crippen LogP contribution in [-0.2, 0) is 19.5 Å². The van der Waals surface area contributed by atoms with E-state index in [0.29, 0.717) is 0 Å². The van der Waals surface area contributed by atoms with Crippen LogP contribution in [0.3, 0.4) is 0 Å². The van der Waals surface area contributed by atoms with Gasteiger partial charge in [0.15, 0.2) is 6.23 Å². The summed E-state index contributed by atoms with van der Waals surface area (Å²) in [6.45, 7) is 11.0. The number of rotatable bonds is 10. The number of H-pyrrole nitrogens is 1. The molecule has 0 unspecified atom stereocenters. The second-order valence-electron chi connectivity index (χ2n) is 13.1. The van der Waals surface area contributed by atoms with Gasteiger partial charge in [-0.1, -0.05) is 115 Å². The molecule has 4 aromatic rings. The molecule has 1 aliphatic rings. The Hall–Kier alpha value is -3.26. The lowest BCUT2D eigenvalue weighted by Crippen LogP contribution is -2.45. The molecular weight excluding hydrogens is 739 g/mol. The zero-order chi connectivity index (χ0) is 33.8. The number of nitrogens with zero attached hydrogens (tertiary/aromatic N) is 1. The van der Waals surface area contributed by atoms with Crippen molar-refractivity contribution in [2.75, 3.05) is 13.7 Å². The minimum atomic E-state index is -2.52. The van der Waals surface area contributed by atoms with Gasteiger partial charge in [0, 0.05) is 12.3 Å². The zero-order valence-corrected chi connectivity index (χ0v) is 31.7. The van der Waals surface area contributed by atoms with Gasteiger partial charge >= 0.3 is 5.69 Å². The topological polar surface area (TPSA) is 91.8 Å². The number of ether oxygens (including phenoxy) is 3. The number of methoxy groups -OCH3 is 1. The number of benzene rings is 3. The first kappa shape index (κ1) is 35.1. The van der Waals surface area contributed by atoms with E-state index < -0.39 is 51.7 Å². The quantitative estimate of drug-likeness (QED) is 0.0672. The third-order valence-corrected chi connectivity index (χ3v) is 11.9. The molecule has 47 heavy (non-hydrogen) atoms. The average molecular weight is 781 g/mol. The Bertz CT molecular complexity index is 1790. The van der Waals surface area contributed by atoms with E-state index >= 15 is 0 Å². The van der Waals surface area contributed by atoms with Crippen molar-refractivity contribution in [3.8, 4) is 16.8 Å². The summed E-state index contributed by atoms with van der Waals surface area (Å²) in [6, 6.07) is 29.5. The first-order chi connectivity index (χ1) is 22.3. The molecule has 0 aliphatic carbocycles. The highest BCUT2D eigenvalue weighted by Gasteiger charge is 2.49. The maximum atomic E-state index is 12.9. The summed E-state index contributed by atoms with van der Waals surface area (Å²) >= 11 is 2.30. The van der Waals surface area contributed by atoms with Gasteiger partial charge < -0.3 is 18.6 Å². The van der Waals surface area contributed by atoms with Gasteiger partial charge in [0.2, 0.25) is 0 Å². The van der Waals surface area contributed by atoms with E-state index in [1.807, 2.05) is 60.7 Å². The third-order valence-electron chi connectivity index (χ3n) is 7.88. The number of alkyl halides is 1. The molecule has 1 saturated heterocycles. The Kier molecular flexibility index (Phi) is 10.8. The third kappa shape index (κ3) is 8.07. The van der Waals surface area contributed by atoms with Gasteiger partial charge in [0.1, 0.15) is 25.5 Å². The number of halogens is 1. The van der Waals surface area contributed by atoms with Crippen molar-refractivity contribution in [1.82, 2.24) is 9.55 Å². The Balaban J connectivity index is 1.59. The van der Waals surface area contributed by atoms with Crippen LogP contribution in [0.15, 0.2) is 107 Å². The SMILES string of the molecule is COc1ccc(C(OC[C@H]2O[C@@H](n3ccc(=O)[nH]c3=O)[C@H](I)[C@@H]2O[Si](C)(C)C#C[Si](C)(C)C)(c2ccccc2)c2ccccc2)cc1. The molecule has 0 amide bonds. The monoisotopic (exact) mass is 780 g/mol. The van der Waals surface area contributed by atoms with Crippen LogP contribution in [0.2, 0.25) is 32.7 Å². The van der Waals surface area contributed by atoms with Crippen molar-refractivity contribution in [1.29, 1.82) is 0 Å². The number of nitrogens with one attached hydrogen (secondary N) is 1. The number of hydrogen-bond donors (Lipinski definition) is 1. The van der Waals surface area contributed by atoms with Crippen molar-refractivity contribution < 1.29 is 18.6 Å². The Morgan fingerprint density at radius 2 is 1.43 bits per heavy atom. The second kappa shape index (κ2) is 14.5. The van der Waals surface area contributed by atoms with Crippen LogP contribution >= 0.6 is 22.6 Å². The van der Waals surface area contributed by atoms with E-state index in [2.05, 4.69) is 95.7 Å². The van der Waals surface area contributed by atoms with Crippen LogP contribution in [0.4, 0.5) is 0 Å². The molecule has 2 heterocycles. The maximum absolute atomic E-state index is 12.9. The summed E-state index contributed by atoms with van der Waals surface area (Å²) in [5, 5.41) is 0. The maximum Gasteiger partial charge on any atom is 0.330 e. The molecule has 0 saturated carbocycles. The molecular formula is C36H41IN2O6Si2. The van der Waals surface area contributed by atoms with Gasteiger partial charge in [-0.3, -0.25) is 14.3 Å². The molecule has 0 radical (unpaired) electrons. The minimum absolute atomic E-state index is 0.139. The van der Waals surface area contributed by atoms with Crippen molar-refractivity contribution in [3.05, 3.63) is 135 Å². The van der Waals surface area contributed by atoms with Crippen molar-refractivity contribution in [2.24, 2.45) is 0 Å². The standard InChI is InChI=1S/C36H41IN2O6Si2/c1-42-29-19-17-28(18-20-29)36(26-13-9-7-10-14-26,27-15-11-8-12-16-27)43-25-30-33(45-47(5,6)24-23-46(2,3)4)32(37)34(44-30)39-22-21-31(40)38-35(39)41/h7-22,30,32-34H,25H2,1-6H3,(H,38,40,41)/t30-,32-,33-,34-/m1/s1. The number of aromatic amines is 1. The van der Waals surface area contributed by atoms with Gasteiger partial charge in [-0.2, -0.15) is 0 Å².